The number of nitrogens with zero attached hydrogens (tertiary/aromatic N) is 1. The summed E-state index contributed by atoms with van der Waals surface area (Å²) in [6.45, 7) is 4.43. The van der Waals surface area contributed by atoms with E-state index >= 15 is 0 Å². The molecule has 1 heterocycles. The van der Waals surface area contributed by atoms with Gasteiger partial charge in [0.2, 0.25) is 0 Å². The molecule has 3 aliphatic rings. The van der Waals surface area contributed by atoms with Crippen molar-refractivity contribution in [1.29, 1.82) is 0 Å². The number of carbonyl (C=O) groups is 1. The topological polar surface area (TPSA) is 53.6 Å². The van der Waals surface area contributed by atoms with E-state index in [9.17, 15) is 4.79 Å². The summed E-state index contributed by atoms with van der Waals surface area (Å²) in [6.07, 6.45) is 12.0. The molecule has 5 heteroatoms. The molecule has 23 heavy (non-hydrogen) atoms. The van der Waals surface area contributed by atoms with Gasteiger partial charge < -0.3 is 20.3 Å². The summed E-state index contributed by atoms with van der Waals surface area (Å²) >= 11 is 0. The van der Waals surface area contributed by atoms with Gasteiger partial charge in [0.25, 0.3) is 0 Å². The van der Waals surface area contributed by atoms with Gasteiger partial charge in [-0.15, -0.1) is 0 Å². The molecule has 1 aliphatic heterocycles. The quantitative estimate of drug-likeness (QED) is 0.559. The largest absolute Gasteiger partial charge is 0.376 e. The number of rotatable bonds is 7. The van der Waals surface area contributed by atoms with E-state index in [1.54, 1.807) is 0 Å². The highest BCUT2D eigenvalue weighted by Crippen LogP contribution is 2.31. The highest BCUT2D eigenvalue weighted by atomic mass is 16.5. The van der Waals surface area contributed by atoms with E-state index in [1.807, 2.05) is 0 Å². The number of hydrogen-bond acceptors (Lipinski definition) is 3. The predicted molar refractivity (Wildman–Crippen MR) is 91.5 cm³/mol. The second-order valence-corrected chi connectivity index (χ2v) is 7.50. The molecule has 2 aliphatic carbocycles. The number of urea groups is 1. The van der Waals surface area contributed by atoms with Gasteiger partial charge in [-0.25, -0.2) is 4.79 Å². The fraction of sp³-hybridized carbons (Fsp3) is 0.944. The van der Waals surface area contributed by atoms with Crippen molar-refractivity contribution in [2.75, 3.05) is 32.8 Å². The Morgan fingerprint density at radius 3 is 2.52 bits per heavy atom. The van der Waals surface area contributed by atoms with E-state index in [1.165, 1.54) is 64.3 Å². The second-order valence-electron chi connectivity index (χ2n) is 7.50. The van der Waals surface area contributed by atoms with Crippen molar-refractivity contribution in [3.63, 3.8) is 0 Å². The van der Waals surface area contributed by atoms with Gasteiger partial charge in [0, 0.05) is 25.7 Å². The van der Waals surface area contributed by atoms with Crippen LogP contribution in [0.4, 0.5) is 4.79 Å². The average Bonchev–Trinajstić information content (AvgIpc) is 3.35. The van der Waals surface area contributed by atoms with Crippen LogP contribution < -0.4 is 10.6 Å². The molecule has 0 aromatic carbocycles. The van der Waals surface area contributed by atoms with Crippen LogP contribution in [0.2, 0.25) is 0 Å². The molecule has 0 radical (unpaired) electrons. The first kappa shape index (κ1) is 17.0. The van der Waals surface area contributed by atoms with Crippen molar-refractivity contribution < 1.29 is 9.53 Å². The number of ether oxygens (including phenoxy) is 1. The Hall–Kier alpha value is -0.810. The van der Waals surface area contributed by atoms with Gasteiger partial charge in [-0.05, 0) is 44.6 Å². The van der Waals surface area contributed by atoms with Crippen molar-refractivity contribution in [1.82, 2.24) is 15.5 Å². The predicted octanol–water partition coefficient (Wildman–Crippen LogP) is 2.51. The smallest absolute Gasteiger partial charge is 0.314 e. The van der Waals surface area contributed by atoms with Crippen molar-refractivity contribution in [2.45, 2.75) is 69.9 Å². The van der Waals surface area contributed by atoms with Crippen LogP contribution in [0.5, 0.6) is 0 Å². The Kier molecular flexibility index (Phi) is 6.57. The molecule has 3 rings (SSSR count). The van der Waals surface area contributed by atoms with Crippen LogP contribution in [0.3, 0.4) is 0 Å². The first-order valence-corrected chi connectivity index (χ1v) is 9.68. The van der Waals surface area contributed by atoms with E-state index in [4.69, 9.17) is 4.74 Å². The van der Waals surface area contributed by atoms with Gasteiger partial charge in [0.05, 0.1) is 12.7 Å². The van der Waals surface area contributed by atoms with Crippen molar-refractivity contribution >= 4 is 6.03 Å². The third-order valence-electron chi connectivity index (χ3n) is 5.48. The van der Waals surface area contributed by atoms with E-state index in [2.05, 4.69) is 15.5 Å². The number of carbonyl (C=O) groups excluding carboxylic acids is 1. The normalized spacial score (nSPS) is 26.9. The molecule has 1 atom stereocenters. The molecule has 132 valence electrons. The van der Waals surface area contributed by atoms with Crippen LogP contribution in [0, 0.1) is 5.92 Å². The molecule has 2 N–H and O–H groups in total. The summed E-state index contributed by atoms with van der Waals surface area (Å²) in [5, 5.41) is 5.94. The number of nitrogens with one attached hydrogen (secondary N) is 2. The maximum atomic E-state index is 11.8. The highest BCUT2D eigenvalue weighted by Gasteiger charge is 2.34. The Balaban J connectivity index is 1.20. The summed E-state index contributed by atoms with van der Waals surface area (Å²) in [7, 11) is 0. The minimum absolute atomic E-state index is 0.0423. The van der Waals surface area contributed by atoms with Crippen LogP contribution in [0.15, 0.2) is 0 Å². The van der Waals surface area contributed by atoms with Gasteiger partial charge in [0.1, 0.15) is 0 Å². The van der Waals surface area contributed by atoms with Gasteiger partial charge >= 0.3 is 6.03 Å². The SMILES string of the molecule is O=C(NCCOC1CCCCCC1)NC[C@@H]1CCN(C2CC2)C1. The van der Waals surface area contributed by atoms with Gasteiger partial charge in [-0.2, -0.15) is 0 Å². The summed E-state index contributed by atoms with van der Waals surface area (Å²) in [5.41, 5.74) is 0. The lowest BCUT2D eigenvalue weighted by molar-refractivity contribution is 0.0460. The molecule has 0 unspecified atom stereocenters. The Labute approximate surface area is 140 Å². The summed E-state index contributed by atoms with van der Waals surface area (Å²) in [5.74, 6) is 0.628. The van der Waals surface area contributed by atoms with Crippen molar-refractivity contribution in [3.05, 3.63) is 0 Å². The number of hydrogen-bond donors (Lipinski definition) is 2. The molecule has 0 aromatic heterocycles. The molecule has 0 bridgehead atoms. The molecule has 3 fully saturated rings. The monoisotopic (exact) mass is 323 g/mol. The maximum Gasteiger partial charge on any atom is 0.314 e. The molecule has 1 saturated heterocycles. The molecule has 2 amide bonds. The molecular formula is C18H33N3O2. The van der Waals surface area contributed by atoms with Crippen LogP contribution in [-0.2, 0) is 4.74 Å². The van der Waals surface area contributed by atoms with Crippen LogP contribution in [0.1, 0.15) is 57.8 Å². The minimum Gasteiger partial charge on any atom is -0.376 e. The minimum atomic E-state index is -0.0423. The molecule has 0 aromatic rings. The summed E-state index contributed by atoms with van der Waals surface area (Å²) in [4.78, 5) is 14.4. The lowest BCUT2D eigenvalue weighted by Gasteiger charge is -2.17. The molecular weight excluding hydrogens is 290 g/mol. The highest BCUT2D eigenvalue weighted by molar-refractivity contribution is 5.73. The van der Waals surface area contributed by atoms with Crippen molar-refractivity contribution in [3.8, 4) is 0 Å². The first-order chi connectivity index (χ1) is 11.3. The summed E-state index contributed by atoms with van der Waals surface area (Å²) < 4.78 is 5.89. The fourth-order valence-electron chi connectivity index (χ4n) is 3.90. The van der Waals surface area contributed by atoms with E-state index in [-0.39, 0.29) is 6.03 Å². The Morgan fingerprint density at radius 2 is 1.78 bits per heavy atom. The number of amides is 2. The van der Waals surface area contributed by atoms with E-state index in [0.29, 0.717) is 25.2 Å². The zero-order chi connectivity index (χ0) is 15.9. The van der Waals surface area contributed by atoms with Gasteiger partial charge in [-0.3, -0.25) is 0 Å². The second kappa shape index (κ2) is 8.88. The first-order valence-electron chi connectivity index (χ1n) is 9.68. The van der Waals surface area contributed by atoms with Crippen LogP contribution >= 0.6 is 0 Å². The van der Waals surface area contributed by atoms with Crippen LogP contribution in [-0.4, -0.2) is 55.9 Å². The van der Waals surface area contributed by atoms with Gasteiger partial charge in [-0.1, -0.05) is 25.7 Å². The number of likely N-dealkylation sites (tertiary alicyclic amines) is 1. The molecule has 5 nitrogen and oxygen atoms in total. The van der Waals surface area contributed by atoms with Gasteiger partial charge in [0.15, 0.2) is 0 Å². The van der Waals surface area contributed by atoms with Crippen molar-refractivity contribution in [2.24, 2.45) is 5.92 Å². The Morgan fingerprint density at radius 1 is 1.00 bits per heavy atom. The van der Waals surface area contributed by atoms with E-state index < -0.39 is 0 Å². The fourth-order valence-corrected chi connectivity index (χ4v) is 3.90. The van der Waals surface area contributed by atoms with E-state index in [0.717, 1.165) is 19.1 Å². The lowest BCUT2D eigenvalue weighted by Crippen LogP contribution is -2.40. The maximum absolute atomic E-state index is 11.8. The third kappa shape index (κ3) is 5.96. The lowest BCUT2D eigenvalue weighted by atomic mass is 10.1. The van der Waals surface area contributed by atoms with Crippen LogP contribution in [0.25, 0.3) is 0 Å². The zero-order valence-electron chi connectivity index (χ0n) is 14.4. The summed E-state index contributed by atoms with van der Waals surface area (Å²) in [6, 6.07) is 0.814. The average molecular weight is 323 g/mol. The molecule has 2 saturated carbocycles. The Bertz CT molecular complexity index is 365. The standard InChI is InChI=1S/C18H33N3O2/c22-18(19-10-12-23-17-5-3-1-2-4-6-17)20-13-15-9-11-21(14-15)16-7-8-16/h15-17H,1-14H2,(H2,19,20,22)/t15-/m0/s1. The zero-order valence-corrected chi connectivity index (χ0v) is 14.4. The third-order valence-corrected chi connectivity index (χ3v) is 5.48. The molecule has 0 spiro atoms.